The van der Waals surface area contributed by atoms with Gasteiger partial charge in [-0.2, -0.15) is 4.98 Å². The lowest BCUT2D eigenvalue weighted by Gasteiger charge is -2.04. The van der Waals surface area contributed by atoms with E-state index in [1.165, 1.54) is 0 Å². The Morgan fingerprint density at radius 2 is 2.06 bits per heavy atom. The molecule has 8 nitrogen and oxygen atoms in total. The van der Waals surface area contributed by atoms with Crippen LogP contribution in [0.2, 0.25) is 0 Å². The molecule has 0 radical (unpaired) electrons. The Morgan fingerprint density at radius 1 is 1.39 bits per heavy atom. The third-order valence-electron chi connectivity index (χ3n) is 1.82. The number of carbonyl (C=O) groups excluding carboxylic acids is 2. The Labute approximate surface area is 108 Å². The van der Waals surface area contributed by atoms with Crippen molar-refractivity contribution < 1.29 is 14.1 Å². The molecule has 0 aliphatic carbocycles. The van der Waals surface area contributed by atoms with Crippen LogP contribution >= 0.6 is 12.2 Å². The SMILES string of the molecule is Cc1noc(CCNC(=O)C(=O)NCC(N)=S)n1. The molecule has 9 heteroatoms. The van der Waals surface area contributed by atoms with Crippen LogP contribution in [-0.2, 0) is 16.0 Å². The normalized spacial score (nSPS) is 9.83. The average Bonchev–Trinajstić information content (AvgIpc) is 2.71. The molecule has 4 N–H and O–H groups in total. The molecule has 0 fully saturated rings. The molecule has 1 rings (SSSR count). The molecule has 0 atom stereocenters. The lowest BCUT2D eigenvalue weighted by molar-refractivity contribution is -0.139. The molecule has 0 aliphatic heterocycles. The van der Waals surface area contributed by atoms with Crippen molar-refractivity contribution in [3.05, 3.63) is 11.7 Å². The Kier molecular flexibility index (Phi) is 5.18. The number of carbonyl (C=O) groups is 2. The predicted molar refractivity (Wildman–Crippen MR) is 65.5 cm³/mol. The number of aromatic nitrogens is 2. The number of nitrogens with zero attached hydrogens (tertiary/aromatic N) is 2. The van der Waals surface area contributed by atoms with Gasteiger partial charge in [0.25, 0.3) is 0 Å². The van der Waals surface area contributed by atoms with Crippen LogP contribution in [-0.4, -0.2) is 40.0 Å². The van der Waals surface area contributed by atoms with E-state index in [1.54, 1.807) is 6.92 Å². The number of rotatable bonds is 5. The Bertz CT molecular complexity index is 459. The van der Waals surface area contributed by atoms with Crippen LogP contribution in [0.4, 0.5) is 0 Å². The molecule has 98 valence electrons. The number of nitrogens with two attached hydrogens (primary N) is 1. The molecule has 2 amide bonds. The van der Waals surface area contributed by atoms with Crippen LogP contribution in [0.5, 0.6) is 0 Å². The highest BCUT2D eigenvalue weighted by atomic mass is 32.1. The number of aryl methyl sites for hydroxylation is 1. The van der Waals surface area contributed by atoms with Crippen LogP contribution in [0.1, 0.15) is 11.7 Å². The van der Waals surface area contributed by atoms with Crippen molar-refractivity contribution in [1.82, 2.24) is 20.8 Å². The summed E-state index contributed by atoms with van der Waals surface area (Å²) in [6, 6.07) is 0. The summed E-state index contributed by atoms with van der Waals surface area (Å²) in [5, 5.41) is 8.26. The molecule has 0 unspecified atom stereocenters. The van der Waals surface area contributed by atoms with Gasteiger partial charge in [0.2, 0.25) is 5.89 Å². The van der Waals surface area contributed by atoms with E-state index in [9.17, 15) is 9.59 Å². The molecular formula is C9H13N5O3S. The van der Waals surface area contributed by atoms with Crippen molar-refractivity contribution >= 4 is 29.0 Å². The van der Waals surface area contributed by atoms with E-state index in [-0.39, 0.29) is 18.1 Å². The van der Waals surface area contributed by atoms with Gasteiger partial charge in [-0.25, -0.2) is 0 Å². The van der Waals surface area contributed by atoms with Gasteiger partial charge in [-0.1, -0.05) is 17.4 Å². The highest BCUT2D eigenvalue weighted by Gasteiger charge is 2.12. The Morgan fingerprint density at radius 3 is 2.61 bits per heavy atom. The highest BCUT2D eigenvalue weighted by molar-refractivity contribution is 7.80. The minimum atomic E-state index is -0.787. The van der Waals surface area contributed by atoms with E-state index in [0.29, 0.717) is 18.1 Å². The first-order chi connectivity index (χ1) is 8.49. The van der Waals surface area contributed by atoms with Crippen molar-refractivity contribution in [2.45, 2.75) is 13.3 Å². The minimum absolute atomic E-state index is 0.00948. The summed E-state index contributed by atoms with van der Waals surface area (Å²) in [5.41, 5.74) is 5.18. The van der Waals surface area contributed by atoms with Gasteiger partial charge in [0, 0.05) is 13.0 Å². The number of nitrogens with one attached hydrogen (secondary N) is 2. The van der Waals surface area contributed by atoms with E-state index in [0.717, 1.165) is 0 Å². The fourth-order valence-electron chi connectivity index (χ4n) is 1.05. The second kappa shape index (κ2) is 6.64. The third kappa shape index (κ3) is 4.87. The van der Waals surface area contributed by atoms with Crippen molar-refractivity contribution in [3.8, 4) is 0 Å². The summed E-state index contributed by atoms with van der Waals surface area (Å²) in [6.07, 6.45) is 0.356. The van der Waals surface area contributed by atoms with Crippen LogP contribution in [0.25, 0.3) is 0 Å². The molecule has 18 heavy (non-hydrogen) atoms. The molecular weight excluding hydrogens is 258 g/mol. The average molecular weight is 271 g/mol. The predicted octanol–water partition coefficient (Wildman–Crippen LogP) is -1.56. The van der Waals surface area contributed by atoms with Gasteiger partial charge in [0.15, 0.2) is 5.82 Å². The van der Waals surface area contributed by atoms with Crippen LogP contribution < -0.4 is 16.4 Å². The first-order valence-electron chi connectivity index (χ1n) is 5.12. The first kappa shape index (κ1) is 14.0. The van der Waals surface area contributed by atoms with E-state index in [1.807, 2.05) is 0 Å². The topological polar surface area (TPSA) is 123 Å². The van der Waals surface area contributed by atoms with Crippen molar-refractivity contribution in [3.63, 3.8) is 0 Å². The molecule has 0 saturated carbocycles. The van der Waals surface area contributed by atoms with E-state index >= 15 is 0 Å². The molecule has 1 heterocycles. The van der Waals surface area contributed by atoms with Crippen LogP contribution in [0.15, 0.2) is 4.52 Å². The molecule has 1 aromatic heterocycles. The summed E-state index contributed by atoms with van der Waals surface area (Å²) >= 11 is 4.56. The quantitative estimate of drug-likeness (QED) is 0.437. The van der Waals surface area contributed by atoms with Crippen LogP contribution in [0, 0.1) is 6.92 Å². The van der Waals surface area contributed by atoms with Gasteiger partial charge in [-0.05, 0) is 6.92 Å². The number of hydrogen-bond acceptors (Lipinski definition) is 6. The number of hydrogen-bond donors (Lipinski definition) is 3. The maximum atomic E-state index is 11.3. The van der Waals surface area contributed by atoms with Crippen molar-refractivity contribution in [2.75, 3.05) is 13.1 Å². The number of amides is 2. The molecule has 0 spiro atoms. The van der Waals surface area contributed by atoms with Gasteiger partial charge in [0.05, 0.1) is 11.5 Å². The maximum Gasteiger partial charge on any atom is 0.309 e. The van der Waals surface area contributed by atoms with E-state index in [4.69, 9.17) is 10.3 Å². The lowest BCUT2D eigenvalue weighted by atomic mass is 10.4. The van der Waals surface area contributed by atoms with Crippen molar-refractivity contribution in [2.24, 2.45) is 5.73 Å². The third-order valence-corrected chi connectivity index (χ3v) is 1.97. The molecule has 0 aliphatic rings. The fourth-order valence-corrected chi connectivity index (χ4v) is 1.12. The zero-order valence-corrected chi connectivity index (χ0v) is 10.5. The van der Waals surface area contributed by atoms with Crippen LogP contribution in [0.3, 0.4) is 0 Å². The monoisotopic (exact) mass is 271 g/mol. The van der Waals surface area contributed by atoms with Gasteiger partial charge in [-0.15, -0.1) is 0 Å². The smallest absolute Gasteiger partial charge is 0.309 e. The summed E-state index contributed by atoms with van der Waals surface area (Å²) in [7, 11) is 0. The molecule has 0 aromatic carbocycles. The molecule has 0 saturated heterocycles. The Balaban J connectivity index is 2.24. The zero-order valence-electron chi connectivity index (χ0n) is 9.73. The zero-order chi connectivity index (χ0) is 13.5. The lowest BCUT2D eigenvalue weighted by Crippen LogP contribution is -2.43. The highest BCUT2D eigenvalue weighted by Crippen LogP contribution is 1.95. The standard InChI is InChI=1S/C9H13N5O3S/c1-5-13-7(17-14-5)2-3-11-8(15)9(16)12-4-6(10)18/h2-4H2,1H3,(H2,10,18)(H,11,15)(H,12,16). The van der Waals surface area contributed by atoms with Gasteiger partial charge >= 0.3 is 11.8 Å². The summed E-state index contributed by atoms with van der Waals surface area (Å²) in [5.74, 6) is -0.631. The van der Waals surface area contributed by atoms with Gasteiger partial charge in [0.1, 0.15) is 0 Å². The van der Waals surface area contributed by atoms with E-state index < -0.39 is 11.8 Å². The first-order valence-corrected chi connectivity index (χ1v) is 5.53. The second-order valence-electron chi connectivity index (χ2n) is 3.39. The Hall–Kier alpha value is -2.03. The molecule has 0 bridgehead atoms. The number of thiocarbonyl (C=S) groups is 1. The summed E-state index contributed by atoms with van der Waals surface area (Å²) in [4.78, 5) is 26.5. The van der Waals surface area contributed by atoms with Gasteiger partial charge in [-0.3, -0.25) is 9.59 Å². The summed E-state index contributed by atoms with van der Waals surface area (Å²) in [6.45, 7) is 1.90. The summed E-state index contributed by atoms with van der Waals surface area (Å²) < 4.78 is 4.84. The molecule has 1 aromatic rings. The maximum absolute atomic E-state index is 11.3. The largest absolute Gasteiger partial charge is 0.392 e. The minimum Gasteiger partial charge on any atom is -0.392 e. The fraction of sp³-hybridized carbons (Fsp3) is 0.444. The second-order valence-corrected chi connectivity index (χ2v) is 3.91. The van der Waals surface area contributed by atoms with E-state index in [2.05, 4.69) is 33.0 Å². The van der Waals surface area contributed by atoms with Crippen molar-refractivity contribution in [1.29, 1.82) is 0 Å². The van der Waals surface area contributed by atoms with Gasteiger partial charge < -0.3 is 20.9 Å².